The molecule has 2 aromatic rings. The van der Waals surface area contributed by atoms with Crippen LogP contribution >= 0.6 is 23.8 Å². The molecule has 2 aromatic carbocycles. The van der Waals surface area contributed by atoms with E-state index in [0.29, 0.717) is 29.2 Å². The van der Waals surface area contributed by atoms with Gasteiger partial charge in [0.05, 0.1) is 19.1 Å². The molecule has 4 N–H and O–H groups in total. The molecule has 36 heavy (non-hydrogen) atoms. The topological polar surface area (TPSA) is 82.6 Å². The Morgan fingerprint density at radius 2 is 1.92 bits per heavy atom. The number of hydrazine groups is 1. The average molecular weight is 528 g/mol. The van der Waals surface area contributed by atoms with E-state index < -0.39 is 5.60 Å². The van der Waals surface area contributed by atoms with Crippen molar-refractivity contribution in [2.75, 3.05) is 12.4 Å². The smallest absolute Gasteiger partial charge is 0.241 e. The predicted octanol–water partition coefficient (Wildman–Crippen LogP) is 5.34. The normalized spacial score (nSPS) is 30.4. The van der Waals surface area contributed by atoms with Crippen LogP contribution in [-0.4, -0.2) is 28.8 Å². The van der Waals surface area contributed by atoms with E-state index in [1.165, 1.54) is 11.1 Å². The van der Waals surface area contributed by atoms with Crippen molar-refractivity contribution in [2.24, 2.45) is 17.3 Å². The molecule has 6 nitrogen and oxygen atoms in total. The summed E-state index contributed by atoms with van der Waals surface area (Å²) >= 11 is 11.2. The number of hydrogen-bond donors (Lipinski definition) is 4. The fourth-order valence-corrected chi connectivity index (χ4v) is 7.51. The Bertz CT molecular complexity index is 1160. The van der Waals surface area contributed by atoms with Gasteiger partial charge in [-0.2, -0.15) is 0 Å². The molecular formula is C28H34ClN3O3S. The van der Waals surface area contributed by atoms with Crippen molar-refractivity contribution in [1.29, 1.82) is 0 Å². The first-order chi connectivity index (χ1) is 17.2. The second-order valence-electron chi connectivity index (χ2n) is 10.8. The molecule has 0 saturated heterocycles. The summed E-state index contributed by atoms with van der Waals surface area (Å²) in [4.78, 5) is 12.9. The van der Waals surface area contributed by atoms with Gasteiger partial charge < -0.3 is 15.2 Å². The third-order valence-corrected chi connectivity index (χ3v) is 9.58. The van der Waals surface area contributed by atoms with Gasteiger partial charge in [0.25, 0.3) is 0 Å². The summed E-state index contributed by atoms with van der Waals surface area (Å²) in [7, 11) is 1.72. The van der Waals surface area contributed by atoms with E-state index in [0.717, 1.165) is 43.5 Å². The van der Waals surface area contributed by atoms with Crippen LogP contribution in [0.15, 0.2) is 42.5 Å². The van der Waals surface area contributed by atoms with E-state index >= 15 is 0 Å². The van der Waals surface area contributed by atoms with Gasteiger partial charge in [-0.3, -0.25) is 15.6 Å². The van der Waals surface area contributed by atoms with Crippen LogP contribution in [0.4, 0.5) is 5.69 Å². The Kier molecular flexibility index (Phi) is 6.92. The largest absolute Gasteiger partial charge is 0.497 e. The molecule has 192 valence electrons. The lowest BCUT2D eigenvalue weighted by molar-refractivity contribution is -0.140. The summed E-state index contributed by atoms with van der Waals surface area (Å²) in [5.41, 5.74) is 7.73. The van der Waals surface area contributed by atoms with Crippen molar-refractivity contribution in [3.8, 4) is 5.75 Å². The fourth-order valence-electron chi connectivity index (χ4n) is 7.22. The molecule has 8 heteroatoms. The highest BCUT2D eigenvalue weighted by Gasteiger charge is 2.61. The lowest BCUT2D eigenvalue weighted by atomic mass is 9.53. The lowest BCUT2D eigenvalue weighted by Crippen LogP contribution is -2.54. The van der Waals surface area contributed by atoms with Gasteiger partial charge >= 0.3 is 0 Å². The highest BCUT2D eigenvalue weighted by atomic mass is 35.5. The molecule has 3 aliphatic carbocycles. The lowest BCUT2D eigenvalue weighted by Gasteiger charge is -2.53. The van der Waals surface area contributed by atoms with Gasteiger partial charge in [-0.05, 0) is 121 Å². The molecule has 2 fully saturated rings. The van der Waals surface area contributed by atoms with Crippen LogP contribution in [-0.2, 0) is 11.2 Å². The second-order valence-corrected chi connectivity index (χ2v) is 11.7. The first-order valence-electron chi connectivity index (χ1n) is 12.7. The van der Waals surface area contributed by atoms with Crippen LogP contribution in [0, 0.1) is 17.3 Å². The second kappa shape index (κ2) is 9.84. The van der Waals surface area contributed by atoms with Gasteiger partial charge in [-0.15, -0.1) is 0 Å². The maximum atomic E-state index is 12.9. The maximum Gasteiger partial charge on any atom is 0.241 e. The van der Waals surface area contributed by atoms with Crippen LogP contribution in [0.5, 0.6) is 5.75 Å². The quantitative estimate of drug-likeness (QED) is 0.317. The first-order valence-corrected chi connectivity index (χ1v) is 13.5. The Morgan fingerprint density at radius 1 is 1.14 bits per heavy atom. The van der Waals surface area contributed by atoms with Crippen LogP contribution in [0.1, 0.15) is 62.5 Å². The Hall–Kier alpha value is -2.35. The number of halogens is 1. The summed E-state index contributed by atoms with van der Waals surface area (Å²) < 4.78 is 5.44. The number of benzene rings is 2. The van der Waals surface area contributed by atoms with Crippen LogP contribution < -0.4 is 20.9 Å². The Morgan fingerprint density at radius 3 is 2.67 bits per heavy atom. The molecule has 0 unspecified atom stereocenters. The molecular weight excluding hydrogens is 494 g/mol. The molecule has 5 atom stereocenters. The number of aliphatic hydroxyl groups is 1. The monoisotopic (exact) mass is 527 g/mol. The van der Waals surface area contributed by atoms with Gasteiger partial charge in [-0.25, -0.2) is 0 Å². The van der Waals surface area contributed by atoms with Gasteiger partial charge in [-0.1, -0.05) is 24.6 Å². The van der Waals surface area contributed by atoms with E-state index in [1.807, 2.05) is 0 Å². The number of rotatable bonds is 4. The summed E-state index contributed by atoms with van der Waals surface area (Å²) in [5, 5.41) is 15.7. The van der Waals surface area contributed by atoms with E-state index in [4.69, 9.17) is 28.6 Å². The van der Waals surface area contributed by atoms with Crippen LogP contribution in [0.3, 0.4) is 0 Å². The van der Waals surface area contributed by atoms with Crippen LogP contribution in [0.2, 0.25) is 5.02 Å². The average Bonchev–Trinajstić information content (AvgIpc) is 3.13. The molecule has 5 rings (SSSR count). The van der Waals surface area contributed by atoms with E-state index in [9.17, 15) is 9.90 Å². The predicted molar refractivity (Wildman–Crippen MR) is 146 cm³/mol. The van der Waals surface area contributed by atoms with E-state index in [-0.39, 0.29) is 22.9 Å². The highest BCUT2D eigenvalue weighted by molar-refractivity contribution is 7.80. The standard InChI is InChI=1S/C28H34ClN3O3S/c1-27-13-11-22-21-10-8-20(35-2)15-17(21)3-9-23(22)24(27)12-14-28(27,34)16-25(33)31-32-26(36)30-19-6-4-18(29)5-7-19/h4-8,10,15,22-24,34H,3,9,11-14,16H2,1-2H3,(H,31,33)(H2,30,32,36)/t22-,23-,24+,27+,28-/m1/s1. The minimum Gasteiger partial charge on any atom is -0.497 e. The number of aryl methyl sites for hydroxylation is 1. The van der Waals surface area contributed by atoms with Gasteiger partial charge in [0.2, 0.25) is 5.91 Å². The zero-order valence-electron chi connectivity index (χ0n) is 20.8. The van der Waals surface area contributed by atoms with E-state index in [2.05, 4.69) is 41.3 Å². The molecule has 0 spiro atoms. The van der Waals surface area contributed by atoms with Crippen molar-refractivity contribution in [3.05, 3.63) is 58.6 Å². The Balaban J connectivity index is 1.21. The maximum absolute atomic E-state index is 12.9. The summed E-state index contributed by atoms with van der Waals surface area (Å²) in [6.07, 6.45) is 5.78. The fraction of sp³-hybridized carbons (Fsp3) is 0.500. The van der Waals surface area contributed by atoms with Crippen molar-refractivity contribution in [1.82, 2.24) is 10.9 Å². The molecule has 0 radical (unpaired) electrons. The third kappa shape index (κ3) is 4.57. The number of hydrogen-bond acceptors (Lipinski definition) is 4. The summed E-state index contributed by atoms with van der Waals surface area (Å²) in [5.74, 6) is 2.13. The molecule has 0 aromatic heterocycles. The number of methoxy groups -OCH3 is 1. The molecule has 1 amide bonds. The number of thiocarbonyl (C=S) groups is 1. The number of carbonyl (C=O) groups excluding carboxylic acids is 1. The molecule has 0 bridgehead atoms. The number of anilines is 1. The number of amides is 1. The Labute approximate surface area is 223 Å². The molecule has 0 aliphatic heterocycles. The third-order valence-electron chi connectivity index (χ3n) is 9.13. The minimum atomic E-state index is -1.03. The van der Waals surface area contributed by atoms with Gasteiger partial charge in [0, 0.05) is 10.7 Å². The molecule has 2 saturated carbocycles. The van der Waals surface area contributed by atoms with Crippen molar-refractivity contribution >= 4 is 40.5 Å². The first kappa shape index (κ1) is 25.3. The van der Waals surface area contributed by atoms with Crippen molar-refractivity contribution in [3.63, 3.8) is 0 Å². The zero-order chi connectivity index (χ0) is 25.5. The number of fused-ring (bicyclic) bond motifs is 5. The number of nitrogens with one attached hydrogen (secondary N) is 3. The SMILES string of the molecule is COc1ccc2c(c1)CC[C@@H]1[C@@H]2CC[C@@]2(C)[C@H]1CC[C@@]2(O)CC(=O)NNC(=S)Nc1ccc(Cl)cc1. The van der Waals surface area contributed by atoms with Crippen LogP contribution in [0.25, 0.3) is 0 Å². The number of carbonyl (C=O) groups is 1. The van der Waals surface area contributed by atoms with Gasteiger partial charge in [0.15, 0.2) is 5.11 Å². The minimum absolute atomic E-state index is 0.0573. The molecule has 3 aliphatic rings. The summed E-state index contributed by atoms with van der Waals surface area (Å²) in [6, 6.07) is 13.6. The van der Waals surface area contributed by atoms with Crippen molar-refractivity contribution < 1.29 is 14.6 Å². The molecule has 0 heterocycles. The summed E-state index contributed by atoms with van der Waals surface area (Å²) in [6.45, 7) is 2.21. The van der Waals surface area contributed by atoms with E-state index in [1.54, 1.807) is 31.4 Å². The number of ether oxygens (including phenoxy) is 1. The van der Waals surface area contributed by atoms with Crippen molar-refractivity contribution in [2.45, 2.75) is 63.4 Å². The zero-order valence-corrected chi connectivity index (χ0v) is 22.3. The van der Waals surface area contributed by atoms with Gasteiger partial charge in [0.1, 0.15) is 5.75 Å². The highest BCUT2D eigenvalue weighted by Crippen LogP contribution is 2.65.